The molecule has 0 fully saturated rings. The van der Waals surface area contributed by atoms with Crippen LogP contribution >= 0.6 is 0 Å². The Kier molecular flexibility index (Phi) is 6.91. The molecular formula is C28H28N2O4. The normalized spacial score (nSPS) is 18.2. The molecule has 2 amide bonds. The van der Waals surface area contributed by atoms with Crippen molar-refractivity contribution in [2.75, 3.05) is 16.4 Å². The van der Waals surface area contributed by atoms with Crippen molar-refractivity contribution in [3.05, 3.63) is 102 Å². The second-order valence-corrected chi connectivity index (χ2v) is 8.38. The van der Waals surface area contributed by atoms with Gasteiger partial charge in [0.2, 0.25) is 6.41 Å². The summed E-state index contributed by atoms with van der Waals surface area (Å²) in [4.78, 5) is 28.4. The minimum Gasteiger partial charge on any atom is -0.396 e. The van der Waals surface area contributed by atoms with Crippen molar-refractivity contribution < 1.29 is 19.8 Å². The molecule has 2 atom stereocenters. The number of amides is 2. The van der Waals surface area contributed by atoms with Crippen LogP contribution in [0.4, 0.5) is 17.1 Å². The highest BCUT2D eigenvalue weighted by molar-refractivity contribution is 6.07. The second kappa shape index (κ2) is 10.0. The first kappa shape index (κ1) is 23.4. The molecule has 174 valence electrons. The molecule has 6 nitrogen and oxygen atoms in total. The maximum absolute atomic E-state index is 13.5. The summed E-state index contributed by atoms with van der Waals surface area (Å²) in [6.45, 7) is 2.11. The van der Waals surface area contributed by atoms with E-state index in [4.69, 9.17) is 5.11 Å². The summed E-state index contributed by atoms with van der Waals surface area (Å²) < 4.78 is 0. The smallest absolute Gasteiger partial charge is 0.264 e. The molecule has 0 aromatic heterocycles. The van der Waals surface area contributed by atoms with Gasteiger partial charge in [0.15, 0.2) is 5.60 Å². The van der Waals surface area contributed by atoms with Crippen molar-refractivity contribution in [3.8, 4) is 0 Å². The van der Waals surface area contributed by atoms with Gasteiger partial charge < -0.3 is 15.1 Å². The fourth-order valence-electron chi connectivity index (χ4n) is 4.38. The Bertz CT molecular complexity index is 1180. The zero-order valence-electron chi connectivity index (χ0n) is 19.0. The standard InChI is InChI=1S/C28H28N2O4/c1-21(9-7-8-18-31)28(34)25-12-5-6-13-26(25)29(27(28)33)19-22-14-16-24(17-15-22)30(20-32)23-10-3-2-4-11-23/h2-7,9-17,20-21,31,34H,8,18-19H2,1H3/b9-7+/t21-,28+/m0/s1. The van der Waals surface area contributed by atoms with Gasteiger partial charge in [0, 0.05) is 29.5 Å². The third-order valence-electron chi connectivity index (χ3n) is 6.25. The number of nitrogens with zero attached hydrogens (tertiary/aromatic N) is 2. The van der Waals surface area contributed by atoms with Crippen LogP contribution in [0.3, 0.4) is 0 Å². The second-order valence-electron chi connectivity index (χ2n) is 8.38. The van der Waals surface area contributed by atoms with Crippen molar-refractivity contribution in [3.63, 3.8) is 0 Å². The molecule has 34 heavy (non-hydrogen) atoms. The molecule has 0 unspecified atom stereocenters. The van der Waals surface area contributed by atoms with Crippen molar-refractivity contribution >= 4 is 29.4 Å². The van der Waals surface area contributed by atoms with Gasteiger partial charge in [-0.3, -0.25) is 14.5 Å². The van der Waals surface area contributed by atoms with E-state index >= 15 is 0 Å². The molecular weight excluding hydrogens is 428 g/mol. The van der Waals surface area contributed by atoms with Crippen molar-refractivity contribution in [2.24, 2.45) is 5.92 Å². The summed E-state index contributed by atoms with van der Waals surface area (Å²) in [6, 6.07) is 24.1. The lowest BCUT2D eigenvalue weighted by Gasteiger charge is -2.27. The summed E-state index contributed by atoms with van der Waals surface area (Å²) >= 11 is 0. The average molecular weight is 457 g/mol. The fourth-order valence-corrected chi connectivity index (χ4v) is 4.38. The number of aliphatic hydroxyl groups excluding tert-OH is 1. The highest BCUT2D eigenvalue weighted by atomic mass is 16.3. The number of anilines is 3. The Morgan fingerprint density at radius 3 is 2.29 bits per heavy atom. The predicted octanol–water partition coefficient (Wildman–Crippen LogP) is 4.29. The molecule has 0 saturated heterocycles. The molecule has 3 aromatic rings. The Morgan fingerprint density at radius 2 is 1.62 bits per heavy atom. The van der Waals surface area contributed by atoms with Crippen LogP contribution in [0.5, 0.6) is 0 Å². The fraction of sp³-hybridized carbons (Fsp3) is 0.214. The van der Waals surface area contributed by atoms with Gasteiger partial charge in [-0.15, -0.1) is 0 Å². The largest absolute Gasteiger partial charge is 0.396 e. The Labute approximate surface area is 199 Å². The first-order valence-electron chi connectivity index (χ1n) is 11.3. The van der Waals surface area contributed by atoms with Crippen LogP contribution in [0.15, 0.2) is 91.0 Å². The lowest BCUT2D eigenvalue weighted by molar-refractivity contribution is -0.139. The molecule has 0 bridgehead atoms. The number of para-hydroxylation sites is 2. The topological polar surface area (TPSA) is 81.1 Å². The number of aliphatic hydroxyl groups is 2. The minimum atomic E-state index is -1.68. The summed E-state index contributed by atoms with van der Waals surface area (Å²) in [5, 5.41) is 20.6. The van der Waals surface area contributed by atoms with Gasteiger partial charge in [-0.05, 0) is 42.3 Å². The zero-order valence-corrected chi connectivity index (χ0v) is 19.0. The molecule has 1 heterocycles. The summed E-state index contributed by atoms with van der Waals surface area (Å²) in [5.41, 5.74) is 1.94. The van der Waals surface area contributed by atoms with E-state index < -0.39 is 11.5 Å². The van der Waals surface area contributed by atoms with Gasteiger partial charge in [-0.1, -0.05) is 67.6 Å². The minimum absolute atomic E-state index is 0.0140. The summed E-state index contributed by atoms with van der Waals surface area (Å²) in [7, 11) is 0. The first-order chi connectivity index (χ1) is 16.5. The lowest BCUT2D eigenvalue weighted by atomic mass is 9.83. The Hall–Kier alpha value is -3.74. The number of fused-ring (bicyclic) bond motifs is 1. The number of benzene rings is 3. The van der Waals surface area contributed by atoms with Gasteiger partial charge >= 0.3 is 0 Å². The predicted molar refractivity (Wildman–Crippen MR) is 133 cm³/mol. The van der Waals surface area contributed by atoms with E-state index in [0.29, 0.717) is 17.7 Å². The first-order valence-corrected chi connectivity index (χ1v) is 11.3. The number of carbonyl (C=O) groups is 2. The lowest BCUT2D eigenvalue weighted by Crippen LogP contribution is -2.44. The Morgan fingerprint density at radius 1 is 0.971 bits per heavy atom. The van der Waals surface area contributed by atoms with E-state index in [9.17, 15) is 14.7 Å². The Balaban J connectivity index is 1.59. The van der Waals surface area contributed by atoms with Crippen molar-refractivity contribution in [1.29, 1.82) is 0 Å². The summed E-state index contributed by atoms with van der Waals surface area (Å²) in [5.74, 6) is -0.843. The molecule has 0 aliphatic carbocycles. The molecule has 0 radical (unpaired) electrons. The number of rotatable bonds is 9. The highest BCUT2D eigenvalue weighted by Gasteiger charge is 2.52. The molecule has 1 aliphatic heterocycles. The van der Waals surface area contributed by atoms with Gasteiger partial charge in [-0.2, -0.15) is 0 Å². The van der Waals surface area contributed by atoms with Gasteiger partial charge in [0.1, 0.15) is 0 Å². The van der Waals surface area contributed by atoms with Gasteiger partial charge in [0.25, 0.3) is 5.91 Å². The third-order valence-corrected chi connectivity index (χ3v) is 6.25. The quantitative estimate of drug-likeness (QED) is 0.372. The van der Waals surface area contributed by atoms with E-state index in [1.807, 2.05) is 72.8 Å². The monoisotopic (exact) mass is 456 g/mol. The molecule has 1 aliphatic rings. The van der Waals surface area contributed by atoms with E-state index in [0.717, 1.165) is 23.3 Å². The zero-order chi connectivity index (χ0) is 24.1. The molecule has 0 spiro atoms. The van der Waals surface area contributed by atoms with Crippen molar-refractivity contribution in [2.45, 2.75) is 25.5 Å². The molecule has 6 heteroatoms. The van der Waals surface area contributed by atoms with E-state index in [-0.39, 0.29) is 19.1 Å². The van der Waals surface area contributed by atoms with Crippen LogP contribution in [0.25, 0.3) is 0 Å². The van der Waals surface area contributed by atoms with Crippen LogP contribution in [-0.4, -0.2) is 29.1 Å². The van der Waals surface area contributed by atoms with Crippen molar-refractivity contribution in [1.82, 2.24) is 0 Å². The summed E-state index contributed by atoms with van der Waals surface area (Å²) in [6.07, 6.45) is 4.80. The van der Waals surface area contributed by atoms with Crippen LogP contribution in [0.2, 0.25) is 0 Å². The van der Waals surface area contributed by atoms with Crippen LogP contribution in [0, 0.1) is 5.92 Å². The highest BCUT2D eigenvalue weighted by Crippen LogP contribution is 2.45. The van der Waals surface area contributed by atoms with Gasteiger partial charge in [-0.25, -0.2) is 0 Å². The molecule has 3 aromatic carbocycles. The number of carbonyl (C=O) groups excluding carboxylic acids is 2. The van der Waals surface area contributed by atoms with Crippen LogP contribution < -0.4 is 9.80 Å². The molecule has 4 rings (SSSR count). The number of hydrogen-bond acceptors (Lipinski definition) is 4. The van der Waals surface area contributed by atoms with E-state index in [1.54, 1.807) is 34.9 Å². The van der Waals surface area contributed by atoms with Crippen LogP contribution in [-0.2, 0) is 21.7 Å². The average Bonchev–Trinajstić information content (AvgIpc) is 3.09. The van der Waals surface area contributed by atoms with E-state index in [2.05, 4.69) is 0 Å². The SMILES string of the molecule is C[C@@H](/C=C/CCO)[C@]1(O)C(=O)N(Cc2ccc(N(C=O)c3ccccc3)cc2)c2ccccc21. The van der Waals surface area contributed by atoms with Gasteiger partial charge in [0.05, 0.1) is 12.2 Å². The third kappa shape index (κ3) is 4.25. The molecule has 2 N–H and O–H groups in total. The van der Waals surface area contributed by atoms with Crippen LogP contribution in [0.1, 0.15) is 24.5 Å². The number of hydrogen-bond donors (Lipinski definition) is 2. The molecule has 0 saturated carbocycles. The maximum Gasteiger partial charge on any atom is 0.264 e. The maximum atomic E-state index is 13.5. The van der Waals surface area contributed by atoms with E-state index in [1.165, 1.54) is 0 Å².